The molecular formula is C22H23N3O4. The van der Waals surface area contributed by atoms with E-state index in [9.17, 15) is 4.79 Å². The highest BCUT2D eigenvalue weighted by atomic mass is 16.6. The molecule has 2 heterocycles. The summed E-state index contributed by atoms with van der Waals surface area (Å²) < 4.78 is 18.1. The summed E-state index contributed by atoms with van der Waals surface area (Å²) in [6.45, 7) is 4.08. The Balaban J connectivity index is 1.37. The SMILES string of the molecule is COc1ccccc1-c1noc(COC(=O)/C=C/c2cc(C)n(C3CC3)c2C)n1. The summed E-state index contributed by atoms with van der Waals surface area (Å²) in [5, 5.41) is 3.93. The number of benzene rings is 1. The molecule has 1 aliphatic carbocycles. The minimum Gasteiger partial charge on any atom is -0.496 e. The van der Waals surface area contributed by atoms with Gasteiger partial charge in [-0.15, -0.1) is 0 Å². The first kappa shape index (κ1) is 19.0. The van der Waals surface area contributed by atoms with Crippen LogP contribution in [0.25, 0.3) is 17.5 Å². The number of para-hydroxylation sites is 1. The molecule has 1 saturated carbocycles. The lowest BCUT2D eigenvalue weighted by molar-refractivity contribution is -0.139. The Morgan fingerprint density at radius 3 is 2.86 bits per heavy atom. The van der Waals surface area contributed by atoms with Gasteiger partial charge in [-0.3, -0.25) is 0 Å². The van der Waals surface area contributed by atoms with E-state index in [0.717, 1.165) is 5.56 Å². The average molecular weight is 393 g/mol. The van der Waals surface area contributed by atoms with Crippen molar-refractivity contribution in [2.75, 3.05) is 7.11 Å². The van der Waals surface area contributed by atoms with E-state index in [-0.39, 0.29) is 12.5 Å². The fourth-order valence-corrected chi connectivity index (χ4v) is 3.46. The Bertz CT molecular complexity index is 1060. The zero-order valence-electron chi connectivity index (χ0n) is 16.7. The third-order valence-corrected chi connectivity index (χ3v) is 4.99. The number of hydrogen-bond donors (Lipinski definition) is 0. The van der Waals surface area contributed by atoms with Gasteiger partial charge in [-0.1, -0.05) is 17.3 Å². The maximum absolute atomic E-state index is 12.1. The molecule has 3 aromatic rings. The average Bonchev–Trinajstić information content (AvgIpc) is 3.37. The molecule has 1 fully saturated rings. The predicted octanol–water partition coefficient (Wildman–Crippen LogP) is 4.26. The highest BCUT2D eigenvalue weighted by Crippen LogP contribution is 2.38. The molecular weight excluding hydrogens is 370 g/mol. The molecule has 0 unspecified atom stereocenters. The maximum Gasteiger partial charge on any atom is 0.331 e. The summed E-state index contributed by atoms with van der Waals surface area (Å²) in [4.78, 5) is 16.4. The second-order valence-electron chi connectivity index (χ2n) is 7.08. The van der Waals surface area contributed by atoms with Gasteiger partial charge < -0.3 is 18.6 Å². The monoisotopic (exact) mass is 393 g/mol. The molecule has 150 valence electrons. The van der Waals surface area contributed by atoms with Crippen LogP contribution in [0.1, 0.15) is 41.7 Å². The first-order valence-electron chi connectivity index (χ1n) is 9.56. The second-order valence-corrected chi connectivity index (χ2v) is 7.08. The lowest BCUT2D eigenvalue weighted by Gasteiger charge is -2.06. The highest BCUT2D eigenvalue weighted by Gasteiger charge is 2.26. The smallest absolute Gasteiger partial charge is 0.331 e. The molecule has 29 heavy (non-hydrogen) atoms. The molecule has 7 nitrogen and oxygen atoms in total. The van der Waals surface area contributed by atoms with Crippen molar-refractivity contribution in [1.29, 1.82) is 0 Å². The van der Waals surface area contributed by atoms with Crippen LogP contribution in [0.2, 0.25) is 0 Å². The Labute approximate surface area is 168 Å². The number of ether oxygens (including phenoxy) is 2. The van der Waals surface area contributed by atoms with Crippen LogP contribution in [0.5, 0.6) is 5.75 Å². The van der Waals surface area contributed by atoms with Crippen LogP contribution in [0, 0.1) is 13.8 Å². The van der Waals surface area contributed by atoms with E-state index in [1.54, 1.807) is 13.2 Å². The van der Waals surface area contributed by atoms with Crippen molar-refractivity contribution >= 4 is 12.0 Å². The summed E-state index contributed by atoms with van der Waals surface area (Å²) in [7, 11) is 1.58. The minimum absolute atomic E-state index is 0.0909. The topological polar surface area (TPSA) is 79.4 Å². The van der Waals surface area contributed by atoms with Crippen molar-refractivity contribution in [2.45, 2.75) is 39.3 Å². The van der Waals surface area contributed by atoms with E-state index in [2.05, 4.69) is 34.6 Å². The molecule has 7 heteroatoms. The van der Waals surface area contributed by atoms with Crippen LogP contribution in [0.3, 0.4) is 0 Å². The Morgan fingerprint density at radius 2 is 2.10 bits per heavy atom. The quantitative estimate of drug-likeness (QED) is 0.441. The second kappa shape index (κ2) is 7.95. The van der Waals surface area contributed by atoms with Crippen LogP contribution < -0.4 is 4.74 Å². The standard InChI is InChI=1S/C22H23N3O4/c1-14-12-16(15(2)25(14)17-9-10-17)8-11-21(26)28-13-20-23-22(24-29-20)18-6-4-5-7-19(18)27-3/h4-8,11-12,17H,9-10,13H2,1-3H3/b11-8+. The van der Waals surface area contributed by atoms with Gasteiger partial charge in [-0.2, -0.15) is 4.98 Å². The fourth-order valence-electron chi connectivity index (χ4n) is 3.46. The fraction of sp³-hybridized carbons (Fsp3) is 0.318. The van der Waals surface area contributed by atoms with Crippen LogP contribution in [0.4, 0.5) is 0 Å². The molecule has 4 rings (SSSR count). The van der Waals surface area contributed by atoms with Crippen molar-refractivity contribution < 1.29 is 18.8 Å². The number of methoxy groups -OCH3 is 1. The number of carbonyl (C=O) groups excluding carboxylic acids is 1. The van der Waals surface area contributed by atoms with Gasteiger partial charge in [0.1, 0.15) is 5.75 Å². The maximum atomic E-state index is 12.1. The van der Waals surface area contributed by atoms with Crippen LogP contribution in [-0.2, 0) is 16.1 Å². The zero-order chi connectivity index (χ0) is 20.4. The van der Waals surface area contributed by atoms with E-state index >= 15 is 0 Å². The number of esters is 1. The van der Waals surface area contributed by atoms with Crippen LogP contribution in [-0.4, -0.2) is 27.8 Å². The van der Waals surface area contributed by atoms with Crippen LogP contribution >= 0.6 is 0 Å². The van der Waals surface area contributed by atoms with E-state index < -0.39 is 5.97 Å². The summed E-state index contributed by atoms with van der Waals surface area (Å²) in [6.07, 6.45) is 5.67. The third-order valence-electron chi connectivity index (χ3n) is 4.99. The van der Waals surface area contributed by atoms with Gasteiger partial charge in [-0.25, -0.2) is 4.79 Å². The first-order chi connectivity index (χ1) is 14.1. The number of hydrogen-bond acceptors (Lipinski definition) is 6. The van der Waals surface area contributed by atoms with Gasteiger partial charge in [0.15, 0.2) is 6.61 Å². The number of aromatic nitrogens is 3. The van der Waals surface area contributed by atoms with Crippen molar-refractivity contribution in [1.82, 2.24) is 14.7 Å². The minimum atomic E-state index is -0.460. The van der Waals surface area contributed by atoms with E-state index in [0.29, 0.717) is 23.2 Å². The normalized spacial score (nSPS) is 13.8. The molecule has 0 radical (unpaired) electrons. The lowest BCUT2D eigenvalue weighted by atomic mass is 10.2. The van der Waals surface area contributed by atoms with Crippen molar-refractivity contribution in [2.24, 2.45) is 0 Å². The molecule has 0 aliphatic heterocycles. The van der Waals surface area contributed by atoms with Gasteiger partial charge >= 0.3 is 5.97 Å². The molecule has 0 atom stereocenters. The molecule has 0 saturated heterocycles. The number of carbonyl (C=O) groups is 1. The first-order valence-corrected chi connectivity index (χ1v) is 9.56. The van der Waals surface area contributed by atoms with Crippen molar-refractivity contribution in [3.63, 3.8) is 0 Å². The molecule has 1 aliphatic rings. The molecule has 0 spiro atoms. The van der Waals surface area contributed by atoms with Gasteiger partial charge in [0.05, 0.1) is 12.7 Å². The number of rotatable bonds is 7. The molecule has 1 aromatic carbocycles. The van der Waals surface area contributed by atoms with E-state index in [4.69, 9.17) is 14.0 Å². The van der Waals surface area contributed by atoms with E-state index in [1.165, 1.54) is 30.3 Å². The Kier molecular flexibility index (Phi) is 5.20. The van der Waals surface area contributed by atoms with E-state index in [1.807, 2.05) is 24.3 Å². The molecule has 0 amide bonds. The summed E-state index contributed by atoms with van der Waals surface area (Å²) in [6, 6.07) is 10.1. The third kappa shape index (κ3) is 4.08. The van der Waals surface area contributed by atoms with Gasteiger partial charge in [-0.05, 0) is 56.5 Å². The van der Waals surface area contributed by atoms with Gasteiger partial charge in [0, 0.05) is 23.5 Å². The largest absolute Gasteiger partial charge is 0.496 e. The Morgan fingerprint density at radius 1 is 1.31 bits per heavy atom. The number of nitrogens with zero attached hydrogens (tertiary/aromatic N) is 3. The Hall–Kier alpha value is -3.35. The molecule has 2 aromatic heterocycles. The number of aryl methyl sites for hydroxylation is 1. The van der Waals surface area contributed by atoms with Gasteiger partial charge in [0.2, 0.25) is 5.82 Å². The van der Waals surface area contributed by atoms with Crippen molar-refractivity contribution in [3.8, 4) is 17.1 Å². The lowest BCUT2D eigenvalue weighted by Crippen LogP contribution is -2.01. The highest BCUT2D eigenvalue weighted by molar-refractivity contribution is 5.87. The zero-order valence-corrected chi connectivity index (χ0v) is 16.7. The van der Waals surface area contributed by atoms with Crippen molar-refractivity contribution in [3.05, 3.63) is 59.2 Å². The van der Waals surface area contributed by atoms with Crippen LogP contribution in [0.15, 0.2) is 40.9 Å². The molecule has 0 N–H and O–H groups in total. The summed E-state index contributed by atoms with van der Waals surface area (Å²) in [5.74, 6) is 0.790. The summed E-state index contributed by atoms with van der Waals surface area (Å²) >= 11 is 0. The summed E-state index contributed by atoms with van der Waals surface area (Å²) in [5.41, 5.74) is 4.13. The van der Waals surface area contributed by atoms with Gasteiger partial charge in [0.25, 0.3) is 5.89 Å². The predicted molar refractivity (Wildman–Crippen MR) is 107 cm³/mol. The molecule has 0 bridgehead atoms.